The highest BCUT2D eigenvalue weighted by Crippen LogP contribution is 2.12. The summed E-state index contributed by atoms with van der Waals surface area (Å²) < 4.78 is 0. The molecule has 0 saturated heterocycles. The molecule has 0 aromatic heterocycles. The van der Waals surface area contributed by atoms with E-state index in [1.807, 2.05) is 26.0 Å². The largest absolute Gasteiger partial charge is 0.477 e. The molecule has 0 heterocycles. The second-order valence-electron chi connectivity index (χ2n) is 3.32. The normalized spacial score (nSPS) is 10.9. The number of hydrogen-bond donors (Lipinski definition) is 1. The fourth-order valence-corrected chi connectivity index (χ4v) is 1.16. The molecule has 0 aliphatic heterocycles. The fourth-order valence-electron chi connectivity index (χ4n) is 1.16. The van der Waals surface area contributed by atoms with Crippen LogP contribution in [0.4, 0.5) is 0 Å². The molecule has 0 aliphatic rings. The SMILES string of the molecule is Cc1ccc(/C=C(\C#N)C(=O)O)cc1C. The summed E-state index contributed by atoms with van der Waals surface area (Å²) in [5, 5.41) is 17.3. The number of carbonyl (C=O) groups is 1. The number of carboxylic acids is 1. The van der Waals surface area contributed by atoms with E-state index in [9.17, 15) is 4.79 Å². The number of nitrogens with zero attached hydrogens (tertiary/aromatic N) is 1. The summed E-state index contributed by atoms with van der Waals surface area (Å²) in [6.45, 7) is 3.92. The second kappa shape index (κ2) is 4.43. The molecule has 1 aromatic rings. The summed E-state index contributed by atoms with van der Waals surface area (Å²) in [5.74, 6) is -1.20. The molecule has 0 bridgehead atoms. The van der Waals surface area contributed by atoms with Gasteiger partial charge in [-0.25, -0.2) is 4.79 Å². The van der Waals surface area contributed by atoms with Crippen molar-refractivity contribution in [3.8, 4) is 6.07 Å². The van der Waals surface area contributed by atoms with E-state index in [0.717, 1.165) is 16.7 Å². The van der Waals surface area contributed by atoms with E-state index in [2.05, 4.69) is 0 Å². The lowest BCUT2D eigenvalue weighted by Crippen LogP contribution is -1.97. The van der Waals surface area contributed by atoms with Crippen LogP contribution in [0.5, 0.6) is 0 Å². The van der Waals surface area contributed by atoms with Crippen LogP contribution < -0.4 is 0 Å². The van der Waals surface area contributed by atoms with Crippen LogP contribution in [0.1, 0.15) is 16.7 Å². The summed E-state index contributed by atoms with van der Waals surface area (Å²) in [5.41, 5.74) is 2.70. The van der Waals surface area contributed by atoms with E-state index in [1.54, 1.807) is 12.1 Å². The Labute approximate surface area is 88.3 Å². The molecule has 1 N–H and O–H groups in total. The minimum atomic E-state index is -1.20. The van der Waals surface area contributed by atoms with Crippen molar-refractivity contribution < 1.29 is 9.90 Å². The van der Waals surface area contributed by atoms with Crippen LogP contribution in [0, 0.1) is 25.2 Å². The molecule has 0 radical (unpaired) electrons. The Morgan fingerprint density at radius 3 is 2.53 bits per heavy atom. The van der Waals surface area contributed by atoms with Crippen molar-refractivity contribution in [1.82, 2.24) is 0 Å². The van der Waals surface area contributed by atoms with Crippen LogP contribution in [-0.4, -0.2) is 11.1 Å². The molecule has 0 atom stereocenters. The van der Waals surface area contributed by atoms with Gasteiger partial charge in [0.05, 0.1) is 0 Å². The first-order valence-corrected chi connectivity index (χ1v) is 4.47. The Bertz CT molecular complexity index is 467. The van der Waals surface area contributed by atoms with Crippen molar-refractivity contribution in [2.24, 2.45) is 0 Å². The van der Waals surface area contributed by atoms with Gasteiger partial charge >= 0.3 is 5.97 Å². The van der Waals surface area contributed by atoms with Gasteiger partial charge in [-0.2, -0.15) is 5.26 Å². The van der Waals surface area contributed by atoms with E-state index in [-0.39, 0.29) is 5.57 Å². The molecule has 15 heavy (non-hydrogen) atoms. The summed E-state index contributed by atoms with van der Waals surface area (Å²) in [6.07, 6.45) is 1.37. The predicted octanol–water partition coefficient (Wildman–Crippen LogP) is 2.30. The highest BCUT2D eigenvalue weighted by atomic mass is 16.4. The molecular weight excluding hydrogens is 190 g/mol. The summed E-state index contributed by atoms with van der Waals surface area (Å²) in [6, 6.07) is 7.20. The van der Waals surface area contributed by atoms with E-state index >= 15 is 0 Å². The molecule has 0 spiro atoms. The van der Waals surface area contributed by atoms with Crippen LogP contribution in [0.15, 0.2) is 23.8 Å². The van der Waals surface area contributed by atoms with Crippen LogP contribution >= 0.6 is 0 Å². The molecule has 0 amide bonds. The van der Waals surface area contributed by atoms with Crippen molar-refractivity contribution in [3.05, 3.63) is 40.5 Å². The maximum absolute atomic E-state index is 10.6. The molecule has 0 saturated carbocycles. The third kappa shape index (κ3) is 2.68. The Morgan fingerprint density at radius 2 is 2.07 bits per heavy atom. The van der Waals surface area contributed by atoms with Gasteiger partial charge in [0.25, 0.3) is 0 Å². The average Bonchev–Trinajstić information content (AvgIpc) is 2.19. The van der Waals surface area contributed by atoms with Gasteiger partial charge in [-0.3, -0.25) is 0 Å². The Balaban J connectivity index is 3.14. The molecule has 0 unspecified atom stereocenters. The van der Waals surface area contributed by atoms with Gasteiger partial charge in [0.2, 0.25) is 0 Å². The Kier molecular flexibility index (Phi) is 3.25. The minimum absolute atomic E-state index is 0.252. The number of hydrogen-bond acceptors (Lipinski definition) is 2. The highest BCUT2D eigenvalue weighted by Gasteiger charge is 2.05. The summed E-state index contributed by atoms with van der Waals surface area (Å²) >= 11 is 0. The predicted molar refractivity (Wildman–Crippen MR) is 57.1 cm³/mol. The van der Waals surface area contributed by atoms with E-state index in [1.165, 1.54) is 6.08 Å². The number of rotatable bonds is 2. The van der Waals surface area contributed by atoms with Crippen molar-refractivity contribution in [2.45, 2.75) is 13.8 Å². The molecule has 1 rings (SSSR count). The molecule has 76 valence electrons. The van der Waals surface area contributed by atoms with Gasteiger partial charge in [0, 0.05) is 0 Å². The van der Waals surface area contributed by atoms with E-state index < -0.39 is 5.97 Å². The van der Waals surface area contributed by atoms with Crippen molar-refractivity contribution in [3.63, 3.8) is 0 Å². The van der Waals surface area contributed by atoms with Crippen LogP contribution in [0.2, 0.25) is 0 Å². The lowest BCUT2D eigenvalue weighted by Gasteiger charge is -2.00. The van der Waals surface area contributed by atoms with Crippen LogP contribution in [0.25, 0.3) is 6.08 Å². The van der Waals surface area contributed by atoms with Gasteiger partial charge in [0.1, 0.15) is 11.6 Å². The van der Waals surface area contributed by atoms with Gasteiger partial charge in [0.15, 0.2) is 0 Å². The fraction of sp³-hybridized carbons (Fsp3) is 0.167. The van der Waals surface area contributed by atoms with Crippen molar-refractivity contribution in [2.75, 3.05) is 0 Å². The molecule has 0 fully saturated rings. The van der Waals surface area contributed by atoms with E-state index in [4.69, 9.17) is 10.4 Å². The standard InChI is InChI=1S/C12H11NO2/c1-8-3-4-10(5-9(8)2)6-11(7-13)12(14)15/h3-6H,1-2H3,(H,14,15)/b11-6+. The van der Waals surface area contributed by atoms with Crippen molar-refractivity contribution in [1.29, 1.82) is 5.26 Å². The van der Waals surface area contributed by atoms with Gasteiger partial charge < -0.3 is 5.11 Å². The van der Waals surface area contributed by atoms with Gasteiger partial charge in [-0.1, -0.05) is 18.2 Å². The maximum atomic E-state index is 10.6. The quantitative estimate of drug-likeness (QED) is 0.590. The molecule has 3 heteroatoms. The topological polar surface area (TPSA) is 61.1 Å². The molecule has 0 aliphatic carbocycles. The summed E-state index contributed by atoms with van der Waals surface area (Å²) in [4.78, 5) is 10.6. The maximum Gasteiger partial charge on any atom is 0.346 e. The number of aliphatic carboxylic acids is 1. The first-order chi connectivity index (χ1) is 7.04. The lowest BCUT2D eigenvalue weighted by molar-refractivity contribution is -0.132. The third-order valence-corrected chi connectivity index (χ3v) is 2.19. The lowest BCUT2D eigenvalue weighted by atomic mass is 10.0. The molecular formula is C12H11NO2. The number of carboxylic acid groups (broad SMARTS) is 1. The van der Waals surface area contributed by atoms with E-state index in [0.29, 0.717) is 0 Å². The third-order valence-electron chi connectivity index (χ3n) is 2.19. The first-order valence-electron chi connectivity index (χ1n) is 4.47. The zero-order chi connectivity index (χ0) is 11.4. The zero-order valence-corrected chi connectivity index (χ0v) is 8.61. The number of aryl methyl sites for hydroxylation is 2. The smallest absolute Gasteiger partial charge is 0.346 e. The van der Waals surface area contributed by atoms with Crippen LogP contribution in [-0.2, 0) is 4.79 Å². The van der Waals surface area contributed by atoms with Crippen LogP contribution in [0.3, 0.4) is 0 Å². The monoisotopic (exact) mass is 201 g/mol. The average molecular weight is 201 g/mol. The second-order valence-corrected chi connectivity index (χ2v) is 3.32. The zero-order valence-electron chi connectivity index (χ0n) is 8.61. The minimum Gasteiger partial charge on any atom is -0.477 e. The number of nitriles is 1. The molecule has 3 nitrogen and oxygen atoms in total. The first kappa shape index (κ1) is 11.0. The highest BCUT2D eigenvalue weighted by molar-refractivity contribution is 5.96. The summed E-state index contributed by atoms with van der Waals surface area (Å²) in [7, 11) is 0. The van der Waals surface area contributed by atoms with Gasteiger partial charge in [-0.05, 0) is 36.6 Å². The Hall–Kier alpha value is -2.08. The Morgan fingerprint density at radius 1 is 1.40 bits per heavy atom. The number of benzene rings is 1. The van der Waals surface area contributed by atoms with Crippen molar-refractivity contribution >= 4 is 12.0 Å². The molecule has 1 aromatic carbocycles. The van der Waals surface area contributed by atoms with Gasteiger partial charge in [-0.15, -0.1) is 0 Å².